The normalized spacial score (nSPS) is 15.1. The van der Waals surface area contributed by atoms with Crippen molar-refractivity contribution in [1.29, 1.82) is 0 Å². The fourth-order valence-corrected chi connectivity index (χ4v) is 5.69. The van der Waals surface area contributed by atoms with Crippen molar-refractivity contribution in [2.45, 2.75) is 59.1 Å². The molecule has 0 spiro atoms. The van der Waals surface area contributed by atoms with E-state index in [1.165, 1.54) is 25.3 Å². The summed E-state index contributed by atoms with van der Waals surface area (Å²) < 4.78 is 61.3. The van der Waals surface area contributed by atoms with Gasteiger partial charge in [0.2, 0.25) is 13.6 Å². The molecule has 286 valence electrons. The minimum absolute atomic E-state index is 0.138. The molecule has 0 saturated heterocycles. The SMILES string of the molecule is CC(C)OC(=O)OCOP(=O)(O)CO[C@H](C)Cn1cnc2c(NCNc3ncnc4c3ncn4C[C@@H](C)OCP(=O)(O)OCOC(=O)O)ncnc21. The molecule has 0 aliphatic heterocycles. The first kappa shape index (κ1) is 40.2. The first-order chi connectivity index (χ1) is 24.6. The Morgan fingerprint density at radius 1 is 0.750 bits per heavy atom. The van der Waals surface area contributed by atoms with E-state index in [2.05, 4.69) is 54.5 Å². The molecule has 0 aromatic carbocycles. The van der Waals surface area contributed by atoms with Gasteiger partial charge in [0, 0.05) is 0 Å². The van der Waals surface area contributed by atoms with Crippen molar-refractivity contribution in [3.8, 4) is 0 Å². The molecular formula is C26H38N10O14P2. The highest BCUT2D eigenvalue weighted by molar-refractivity contribution is 7.52. The lowest BCUT2D eigenvalue weighted by atomic mass is 10.4. The molecule has 4 atom stereocenters. The number of carbonyl (C=O) groups is 2. The molecule has 26 heteroatoms. The van der Waals surface area contributed by atoms with Crippen LogP contribution in [0.25, 0.3) is 22.3 Å². The van der Waals surface area contributed by atoms with Gasteiger partial charge in [-0.3, -0.25) is 18.2 Å². The quantitative estimate of drug-likeness (QED) is 0.0461. The second-order valence-corrected chi connectivity index (χ2v) is 14.6. The molecule has 5 N–H and O–H groups in total. The number of nitrogens with zero attached hydrogens (tertiary/aromatic N) is 8. The van der Waals surface area contributed by atoms with E-state index in [0.717, 1.165) is 0 Å². The summed E-state index contributed by atoms with van der Waals surface area (Å²) in [5.74, 6) is 0.793. The molecule has 0 amide bonds. The first-order valence-electron chi connectivity index (χ1n) is 15.3. The topological polar surface area (TPSA) is 305 Å². The Balaban J connectivity index is 1.27. The van der Waals surface area contributed by atoms with Crippen LogP contribution in [0.4, 0.5) is 21.2 Å². The Kier molecular flexibility index (Phi) is 14.1. The van der Waals surface area contributed by atoms with Gasteiger partial charge in [-0.25, -0.2) is 39.5 Å². The Labute approximate surface area is 294 Å². The monoisotopic (exact) mass is 776 g/mol. The van der Waals surface area contributed by atoms with E-state index in [1.807, 2.05) is 0 Å². The third kappa shape index (κ3) is 12.3. The molecule has 4 heterocycles. The predicted molar refractivity (Wildman–Crippen MR) is 177 cm³/mol. The molecule has 0 saturated carbocycles. The molecule has 4 aromatic heterocycles. The number of hydrogen-bond donors (Lipinski definition) is 5. The fraction of sp³-hybridized carbons (Fsp3) is 0.538. The van der Waals surface area contributed by atoms with Gasteiger partial charge in [-0.15, -0.1) is 0 Å². The van der Waals surface area contributed by atoms with Gasteiger partial charge in [-0.05, 0) is 27.7 Å². The maximum Gasteiger partial charge on any atom is 0.510 e. The van der Waals surface area contributed by atoms with Crippen LogP contribution in [0.5, 0.6) is 0 Å². The molecule has 0 fully saturated rings. The van der Waals surface area contributed by atoms with Crippen molar-refractivity contribution in [3.05, 3.63) is 25.3 Å². The van der Waals surface area contributed by atoms with E-state index in [-0.39, 0.29) is 19.8 Å². The minimum atomic E-state index is -4.26. The molecule has 24 nitrogen and oxygen atoms in total. The summed E-state index contributed by atoms with van der Waals surface area (Å²) in [4.78, 5) is 67.4. The smallest absolute Gasteiger partial charge is 0.450 e. The lowest BCUT2D eigenvalue weighted by Crippen LogP contribution is -2.18. The van der Waals surface area contributed by atoms with E-state index >= 15 is 0 Å². The van der Waals surface area contributed by atoms with Crippen LogP contribution < -0.4 is 10.6 Å². The van der Waals surface area contributed by atoms with E-state index in [9.17, 15) is 28.5 Å². The lowest BCUT2D eigenvalue weighted by molar-refractivity contribution is -0.0153. The predicted octanol–water partition coefficient (Wildman–Crippen LogP) is 2.75. The summed E-state index contributed by atoms with van der Waals surface area (Å²) in [5, 5.41) is 14.7. The van der Waals surface area contributed by atoms with Crippen LogP contribution in [0, 0.1) is 0 Å². The van der Waals surface area contributed by atoms with Gasteiger partial charge in [0.1, 0.15) is 36.4 Å². The average molecular weight is 777 g/mol. The van der Waals surface area contributed by atoms with Crippen LogP contribution in [0.2, 0.25) is 0 Å². The number of carbonyl (C=O) groups excluding carboxylic acids is 1. The standard InChI is InChI=1S/C26H38N10O14P2/c1-16(2)50-26(39)45-13-49-52(42,43)15-47-18(4)6-36-11-34-20-22(30-9-32-24(20)36)28-7-27-21-19-23(31-8-29-21)35(10-33-19)5-17(3)46-14-51(40,41)48-12-44-25(37)38/h8-11,16-18H,5-7,12-15H2,1-4H3,(H,37,38)(H,40,41)(H,42,43)(H,27,29,31)(H,28,30,32)/t17-,18-/m1/s1. The summed E-state index contributed by atoms with van der Waals surface area (Å²) >= 11 is 0. The van der Waals surface area contributed by atoms with Gasteiger partial charge in [-0.2, -0.15) is 0 Å². The van der Waals surface area contributed by atoms with Crippen LogP contribution in [0.3, 0.4) is 0 Å². The first-order valence-corrected chi connectivity index (χ1v) is 18.8. The highest BCUT2D eigenvalue weighted by atomic mass is 31.2. The third-order valence-corrected chi connectivity index (χ3v) is 8.43. The molecule has 0 bridgehead atoms. The maximum absolute atomic E-state index is 12.3. The number of rotatable bonds is 21. The zero-order chi connectivity index (χ0) is 37.9. The zero-order valence-electron chi connectivity index (χ0n) is 28.3. The third-order valence-electron chi connectivity index (χ3n) is 6.47. The largest absolute Gasteiger partial charge is 0.510 e. The van der Waals surface area contributed by atoms with Crippen LogP contribution in [-0.2, 0) is 55.0 Å². The second-order valence-electron chi connectivity index (χ2n) is 11.1. The Morgan fingerprint density at radius 2 is 1.21 bits per heavy atom. The molecule has 0 radical (unpaired) electrons. The van der Waals surface area contributed by atoms with Gasteiger partial charge in [0.25, 0.3) is 0 Å². The lowest BCUT2D eigenvalue weighted by Gasteiger charge is -2.17. The van der Waals surface area contributed by atoms with Crippen LogP contribution in [0.1, 0.15) is 27.7 Å². The summed E-state index contributed by atoms with van der Waals surface area (Å²) in [6, 6.07) is 0. The van der Waals surface area contributed by atoms with Crippen molar-refractivity contribution in [2.75, 3.05) is 43.6 Å². The van der Waals surface area contributed by atoms with Gasteiger partial charge in [0.05, 0.1) is 50.7 Å². The van der Waals surface area contributed by atoms with E-state index in [1.54, 1.807) is 36.8 Å². The fourth-order valence-electron chi connectivity index (χ4n) is 4.22. The highest BCUT2D eigenvalue weighted by Crippen LogP contribution is 2.42. The number of nitrogens with one attached hydrogen (secondary N) is 2. The number of fused-ring (bicyclic) bond motifs is 2. The number of anilines is 2. The van der Waals surface area contributed by atoms with Crippen molar-refractivity contribution < 1.29 is 66.3 Å². The molecule has 2 unspecified atom stereocenters. The van der Waals surface area contributed by atoms with Crippen molar-refractivity contribution in [1.82, 2.24) is 39.0 Å². The van der Waals surface area contributed by atoms with E-state index < -0.39 is 72.1 Å². The van der Waals surface area contributed by atoms with Crippen LogP contribution in [0.15, 0.2) is 25.3 Å². The summed E-state index contributed by atoms with van der Waals surface area (Å²) in [6.07, 6.45) is 0.0682. The van der Waals surface area contributed by atoms with Crippen LogP contribution in [-0.4, -0.2) is 118 Å². The van der Waals surface area contributed by atoms with Gasteiger partial charge < -0.3 is 58.3 Å². The van der Waals surface area contributed by atoms with E-state index in [4.69, 9.17) is 23.8 Å². The zero-order valence-corrected chi connectivity index (χ0v) is 30.1. The number of ether oxygens (including phenoxy) is 5. The van der Waals surface area contributed by atoms with Gasteiger partial charge >= 0.3 is 27.5 Å². The molecule has 0 aliphatic rings. The summed E-state index contributed by atoms with van der Waals surface area (Å²) in [7, 11) is -8.50. The van der Waals surface area contributed by atoms with E-state index in [0.29, 0.717) is 34.0 Å². The number of hydrogen-bond acceptors (Lipinski definition) is 19. The number of carboxylic acid groups (broad SMARTS) is 1. The van der Waals surface area contributed by atoms with Crippen molar-refractivity contribution in [2.24, 2.45) is 0 Å². The van der Waals surface area contributed by atoms with Crippen molar-refractivity contribution >= 4 is 61.5 Å². The minimum Gasteiger partial charge on any atom is -0.450 e. The molecule has 4 rings (SSSR count). The highest BCUT2D eigenvalue weighted by Gasteiger charge is 2.24. The second kappa shape index (κ2) is 18.3. The van der Waals surface area contributed by atoms with Gasteiger partial charge in [-0.1, -0.05) is 0 Å². The molecular weight excluding hydrogens is 738 g/mol. The Hall–Kier alpha value is -4.54. The number of imidazole rings is 2. The van der Waals surface area contributed by atoms with Crippen molar-refractivity contribution in [3.63, 3.8) is 0 Å². The molecule has 4 aromatic rings. The average Bonchev–Trinajstić information content (AvgIpc) is 3.67. The summed E-state index contributed by atoms with van der Waals surface area (Å²) in [6.45, 7) is 5.41. The van der Waals surface area contributed by atoms with Crippen LogP contribution >= 0.6 is 15.2 Å². The molecule has 0 aliphatic carbocycles. The molecule has 52 heavy (non-hydrogen) atoms. The van der Waals surface area contributed by atoms with Gasteiger partial charge in [0.15, 0.2) is 22.9 Å². The number of aromatic nitrogens is 8. The Bertz CT molecular complexity index is 1910. The Morgan fingerprint density at radius 3 is 1.65 bits per heavy atom. The summed E-state index contributed by atoms with van der Waals surface area (Å²) in [5.41, 5.74) is 1.79. The maximum atomic E-state index is 12.3.